The van der Waals surface area contributed by atoms with Gasteiger partial charge in [-0.1, -0.05) is 18.5 Å². The van der Waals surface area contributed by atoms with Crippen LogP contribution in [0.3, 0.4) is 0 Å². The molecule has 2 aromatic rings. The van der Waals surface area contributed by atoms with E-state index < -0.39 is 11.7 Å². The molecule has 100 valence electrons. The second kappa shape index (κ2) is 5.84. The van der Waals surface area contributed by atoms with Crippen molar-refractivity contribution in [2.24, 2.45) is 0 Å². The molecule has 0 aliphatic heterocycles. The maximum absolute atomic E-state index is 13.6. The largest absolute Gasteiger partial charge is 0.347 e. The number of imidazole rings is 1. The van der Waals surface area contributed by atoms with Crippen molar-refractivity contribution in [1.29, 1.82) is 0 Å². The molecule has 0 saturated carbocycles. The van der Waals surface area contributed by atoms with Crippen molar-refractivity contribution in [3.63, 3.8) is 0 Å². The van der Waals surface area contributed by atoms with Crippen LogP contribution < -0.4 is 5.32 Å². The molecule has 0 spiro atoms. The van der Waals surface area contributed by atoms with Crippen LogP contribution in [0.15, 0.2) is 30.6 Å². The highest BCUT2D eigenvalue weighted by molar-refractivity contribution is 6.30. The van der Waals surface area contributed by atoms with E-state index in [0.717, 1.165) is 6.07 Å². The number of amides is 1. The zero-order valence-electron chi connectivity index (χ0n) is 10.3. The number of nitrogens with one attached hydrogen (secondary N) is 2. The fraction of sp³-hybridized carbons (Fsp3) is 0.231. The Morgan fingerprint density at radius 2 is 2.37 bits per heavy atom. The summed E-state index contributed by atoms with van der Waals surface area (Å²) in [7, 11) is 0. The highest BCUT2D eigenvalue weighted by atomic mass is 35.5. The van der Waals surface area contributed by atoms with Gasteiger partial charge in [-0.25, -0.2) is 9.37 Å². The molecule has 1 aromatic heterocycles. The Morgan fingerprint density at radius 1 is 1.58 bits per heavy atom. The van der Waals surface area contributed by atoms with Crippen molar-refractivity contribution in [3.05, 3.63) is 52.8 Å². The Morgan fingerprint density at radius 3 is 2.95 bits per heavy atom. The molecule has 1 atom stereocenters. The number of nitrogens with zero attached hydrogens (tertiary/aromatic N) is 1. The minimum atomic E-state index is -0.640. The van der Waals surface area contributed by atoms with Crippen molar-refractivity contribution in [2.75, 3.05) is 0 Å². The molecule has 6 heteroatoms. The zero-order valence-corrected chi connectivity index (χ0v) is 11.0. The Hall–Kier alpha value is -1.88. The predicted octanol–water partition coefficient (Wildman–Crippen LogP) is 3.08. The second-order valence-electron chi connectivity index (χ2n) is 4.03. The number of H-pyrrole nitrogens is 1. The van der Waals surface area contributed by atoms with Crippen LogP contribution in [0.2, 0.25) is 5.02 Å². The van der Waals surface area contributed by atoms with E-state index in [1.165, 1.54) is 12.1 Å². The lowest BCUT2D eigenvalue weighted by atomic mass is 10.1. The molecule has 2 rings (SSSR count). The van der Waals surface area contributed by atoms with Crippen molar-refractivity contribution >= 4 is 17.5 Å². The van der Waals surface area contributed by atoms with Gasteiger partial charge in [0.2, 0.25) is 0 Å². The normalized spacial score (nSPS) is 12.2. The third-order valence-electron chi connectivity index (χ3n) is 2.74. The first-order valence-corrected chi connectivity index (χ1v) is 6.24. The minimum absolute atomic E-state index is 0.0330. The maximum atomic E-state index is 13.6. The lowest BCUT2D eigenvalue weighted by Gasteiger charge is -2.15. The van der Waals surface area contributed by atoms with E-state index in [4.69, 9.17) is 11.6 Å². The molecule has 0 bridgehead atoms. The van der Waals surface area contributed by atoms with Gasteiger partial charge in [-0.15, -0.1) is 0 Å². The van der Waals surface area contributed by atoms with Crippen molar-refractivity contribution < 1.29 is 9.18 Å². The summed E-state index contributed by atoms with van der Waals surface area (Å²) in [5, 5.41) is 2.99. The smallest absolute Gasteiger partial charge is 0.254 e. The number of hydrogen-bond acceptors (Lipinski definition) is 2. The van der Waals surface area contributed by atoms with Crippen molar-refractivity contribution in [2.45, 2.75) is 19.4 Å². The van der Waals surface area contributed by atoms with E-state index in [-0.39, 0.29) is 16.6 Å². The van der Waals surface area contributed by atoms with E-state index in [1.54, 1.807) is 12.4 Å². The van der Waals surface area contributed by atoms with Gasteiger partial charge in [0.1, 0.15) is 11.6 Å². The monoisotopic (exact) mass is 281 g/mol. The molecule has 19 heavy (non-hydrogen) atoms. The van der Waals surface area contributed by atoms with Crippen LogP contribution in [0, 0.1) is 5.82 Å². The molecule has 0 aliphatic carbocycles. The topological polar surface area (TPSA) is 57.8 Å². The van der Waals surface area contributed by atoms with Crippen LogP contribution in [-0.2, 0) is 0 Å². The summed E-state index contributed by atoms with van der Waals surface area (Å²) < 4.78 is 13.6. The first kappa shape index (κ1) is 13.5. The molecule has 1 unspecified atom stereocenters. The standard InChI is InChI=1S/C13H13ClFN3O/c1-2-11(12-16-5-6-17-12)18-13(19)9-4-3-8(14)7-10(9)15/h3-7,11H,2H2,1H3,(H,16,17)(H,18,19). The number of rotatable bonds is 4. The summed E-state index contributed by atoms with van der Waals surface area (Å²) in [6.45, 7) is 1.91. The quantitative estimate of drug-likeness (QED) is 0.905. The Bertz CT molecular complexity index is 571. The van der Waals surface area contributed by atoms with E-state index in [2.05, 4.69) is 15.3 Å². The van der Waals surface area contributed by atoms with Crippen LogP contribution in [0.4, 0.5) is 4.39 Å². The van der Waals surface area contributed by atoms with Crippen LogP contribution in [-0.4, -0.2) is 15.9 Å². The molecule has 1 aromatic carbocycles. The highest BCUT2D eigenvalue weighted by Gasteiger charge is 2.18. The van der Waals surface area contributed by atoms with Gasteiger partial charge < -0.3 is 10.3 Å². The van der Waals surface area contributed by atoms with Crippen molar-refractivity contribution in [3.8, 4) is 0 Å². The van der Waals surface area contributed by atoms with Gasteiger partial charge >= 0.3 is 0 Å². The minimum Gasteiger partial charge on any atom is -0.347 e. The lowest BCUT2D eigenvalue weighted by molar-refractivity contribution is 0.0930. The highest BCUT2D eigenvalue weighted by Crippen LogP contribution is 2.17. The molecule has 4 nitrogen and oxygen atoms in total. The SMILES string of the molecule is CCC(NC(=O)c1ccc(Cl)cc1F)c1ncc[nH]1. The number of benzene rings is 1. The van der Waals surface area contributed by atoms with Crippen LogP contribution in [0.1, 0.15) is 35.6 Å². The molecular weight excluding hydrogens is 269 g/mol. The molecule has 1 amide bonds. The maximum Gasteiger partial charge on any atom is 0.254 e. The Kier molecular flexibility index (Phi) is 4.16. The lowest BCUT2D eigenvalue weighted by Crippen LogP contribution is -2.29. The Labute approximate surface area is 115 Å². The van der Waals surface area contributed by atoms with Crippen LogP contribution in [0.5, 0.6) is 0 Å². The number of halogens is 2. The van der Waals surface area contributed by atoms with E-state index in [9.17, 15) is 9.18 Å². The molecule has 0 aliphatic rings. The summed E-state index contributed by atoms with van der Waals surface area (Å²) in [5.74, 6) is -0.484. The molecule has 0 saturated heterocycles. The molecule has 2 N–H and O–H groups in total. The third-order valence-corrected chi connectivity index (χ3v) is 2.97. The fourth-order valence-electron chi connectivity index (χ4n) is 1.74. The summed E-state index contributed by atoms with van der Waals surface area (Å²) in [4.78, 5) is 19.0. The summed E-state index contributed by atoms with van der Waals surface area (Å²) in [6.07, 6.45) is 3.93. The van der Waals surface area contributed by atoms with E-state index in [0.29, 0.717) is 12.2 Å². The average Bonchev–Trinajstić information content (AvgIpc) is 2.89. The first-order chi connectivity index (χ1) is 9.11. The van der Waals surface area contributed by atoms with E-state index >= 15 is 0 Å². The number of aromatic amines is 1. The molecule has 1 heterocycles. The summed E-state index contributed by atoms with van der Waals surface area (Å²) >= 11 is 5.65. The van der Waals surface area contributed by atoms with Crippen LogP contribution >= 0.6 is 11.6 Å². The number of carbonyl (C=O) groups is 1. The molecule has 0 fully saturated rings. The van der Waals surface area contributed by atoms with Gasteiger partial charge in [0, 0.05) is 17.4 Å². The average molecular weight is 282 g/mol. The summed E-state index contributed by atoms with van der Waals surface area (Å²) in [6, 6.07) is 3.68. The second-order valence-corrected chi connectivity index (χ2v) is 4.47. The van der Waals surface area contributed by atoms with Crippen LogP contribution in [0.25, 0.3) is 0 Å². The third kappa shape index (κ3) is 3.12. The van der Waals surface area contributed by atoms with Gasteiger partial charge in [0.25, 0.3) is 5.91 Å². The fourth-order valence-corrected chi connectivity index (χ4v) is 1.90. The van der Waals surface area contributed by atoms with Gasteiger partial charge in [-0.3, -0.25) is 4.79 Å². The number of carbonyl (C=O) groups excluding carboxylic acids is 1. The molecule has 0 radical (unpaired) electrons. The van der Waals surface area contributed by atoms with Gasteiger partial charge in [0.05, 0.1) is 11.6 Å². The molecular formula is C13H13ClFN3O. The predicted molar refractivity (Wildman–Crippen MR) is 70.5 cm³/mol. The first-order valence-electron chi connectivity index (χ1n) is 5.87. The van der Waals surface area contributed by atoms with Gasteiger partial charge in [0.15, 0.2) is 0 Å². The van der Waals surface area contributed by atoms with Crippen molar-refractivity contribution in [1.82, 2.24) is 15.3 Å². The zero-order chi connectivity index (χ0) is 13.8. The Balaban J connectivity index is 2.16. The summed E-state index contributed by atoms with van der Waals surface area (Å²) in [5.41, 5.74) is -0.0330. The van der Waals surface area contributed by atoms with E-state index in [1.807, 2.05) is 6.92 Å². The van der Waals surface area contributed by atoms with Gasteiger partial charge in [-0.05, 0) is 24.6 Å². The number of hydrogen-bond donors (Lipinski definition) is 2. The number of aromatic nitrogens is 2. The van der Waals surface area contributed by atoms with Gasteiger partial charge in [-0.2, -0.15) is 0 Å².